The first-order valence-corrected chi connectivity index (χ1v) is 10.2. The lowest BCUT2D eigenvalue weighted by atomic mass is 9.93. The fraction of sp³-hybridized carbons (Fsp3) is 0.0800. The van der Waals surface area contributed by atoms with Crippen molar-refractivity contribution in [3.63, 3.8) is 0 Å². The van der Waals surface area contributed by atoms with Crippen LogP contribution in [0, 0.1) is 17.7 Å². The van der Waals surface area contributed by atoms with Gasteiger partial charge in [-0.2, -0.15) is 0 Å². The summed E-state index contributed by atoms with van der Waals surface area (Å²) in [6, 6.07) is 17.3. The Kier molecular flexibility index (Phi) is 5.89. The third-order valence-corrected chi connectivity index (χ3v) is 5.73. The Morgan fingerprint density at radius 3 is 2.13 bits per heavy atom. The molecule has 0 aliphatic carbocycles. The largest absolute Gasteiger partial charge is 0.508 e. The highest BCUT2D eigenvalue weighted by molar-refractivity contribution is 7.17. The van der Waals surface area contributed by atoms with Crippen LogP contribution in [0.15, 0.2) is 73.1 Å². The van der Waals surface area contributed by atoms with Gasteiger partial charge in [0.15, 0.2) is 0 Å². The molecule has 0 spiro atoms. The third kappa shape index (κ3) is 4.11. The second-order valence-corrected chi connectivity index (χ2v) is 7.60. The van der Waals surface area contributed by atoms with E-state index in [1.807, 2.05) is 24.3 Å². The van der Waals surface area contributed by atoms with E-state index < -0.39 is 0 Å². The molecule has 0 fully saturated rings. The molecule has 0 radical (unpaired) electrons. The molecule has 0 saturated carbocycles. The molecule has 0 aliphatic rings. The Bertz CT molecular complexity index is 1200. The zero-order chi connectivity index (χ0) is 20.9. The molecular formula is C25H18FNO2S. The number of pyridine rings is 1. The second kappa shape index (κ2) is 8.91. The summed E-state index contributed by atoms with van der Waals surface area (Å²) in [6.45, 7) is -0.00501. The number of phenols is 1. The number of hydrogen-bond donors (Lipinski definition) is 2. The van der Waals surface area contributed by atoms with Crippen LogP contribution in [-0.2, 0) is 0 Å². The molecule has 5 heteroatoms. The molecule has 0 aliphatic heterocycles. The standard InChI is InChI=1S/C25H18FNO2S/c26-20-8-4-19(5-9-20)25-24(18-12-14-27-15-13-18)23(17-6-10-21(29)11-7-17)22(30-25)3-1-2-16-28/h4-15,28-29H,2,16H2. The lowest BCUT2D eigenvalue weighted by Gasteiger charge is -2.09. The van der Waals surface area contributed by atoms with Crippen molar-refractivity contribution in [1.29, 1.82) is 0 Å². The Morgan fingerprint density at radius 1 is 0.833 bits per heavy atom. The van der Waals surface area contributed by atoms with Crippen molar-refractivity contribution in [3.8, 4) is 50.3 Å². The topological polar surface area (TPSA) is 53.4 Å². The fourth-order valence-corrected chi connectivity index (χ4v) is 4.45. The van der Waals surface area contributed by atoms with E-state index in [2.05, 4.69) is 16.8 Å². The number of phenolic OH excluding ortho intramolecular Hbond substituents is 1. The van der Waals surface area contributed by atoms with Crippen LogP contribution >= 0.6 is 11.3 Å². The van der Waals surface area contributed by atoms with Gasteiger partial charge in [-0.3, -0.25) is 4.98 Å². The number of rotatable bonds is 4. The van der Waals surface area contributed by atoms with Crippen molar-refractivity contribution in [3.05, 3.63) is 83.8 Å². The van der Waals surface area contributed by atoms with E-state index in [9.17, 15) is 9.50 Å². The molecule has 3 nitrogen and oxygen atoms in total. The van der Waals surface area contributed by atoms with Gasteiger partial charge in [0.2, 0.25) is 0 Å². The molecule has 2 N–H and O–H groups in total. The van der Waals surface area contributed by atoms with E-state index in [0.717, 1.165) is 37.6 Å². The van der Waals surface area contributed by atoms with Crippen LogP contribution in [0.5, 0.6) is 5.75 Å². The fourth-order valence-electron chi connectivity index (χ4n) is 3.22. The van der Waals surface area contributed by atoms with Crippen LogP contribution in [0.4, 0.5) is 4.39 Å². The second-order valence-electron chi connectivity index (χ2n) is 6.58. The quantitative estimate of drug-likeness (QED) is 0.419. The van der Waals surface area contributed by atoms with Crippen LogP contribution in [0.25, 0.3) is 32.7 Å². The van der Waals surface area contributed by atoms with Gasteiger partial charge in [0.25, 0.3) is 0 Å². The van der Waals surface area contributed by atoms with Crippen molar-refractivity contribution in [2.24, 2.45) is 0 Å². The summed E-state index contributed by atoms with van der Waals surface area (Å²) in [5, 5.41) is 18.9. The maximum absolute atomic E-state index is 13.5. The van der Waals surface area contributed by atoms with Crippen LogP contribution in [0.3, 0.4) is 0 Å². The van der Waals surface area contributed by atoms with Crippen molar-refractivity contribution in [1.82, 2.24) is 4.98 Å². The Balaban J connectivity index is 2.03. The van der Waals surface area contributed by atoms with Crippen LogP contribution < -0.4 is 0 Å². The molecule has 0 bridgehead atoms. The summed E-state index contributed by atoms with van der Waals surface area (Å²) in [7, 11) is 0. The average molecular weight is 415 g/mol. The first kappa shape index (κ1) is 19.8. The molecule has 4 aromatic rings. The van der Waals surface area contributed by atoms with Crippen LogP contribution in [-0.4, -0.2) is 21.8 Å². The van der Waals surface area contributed by atoms with Crippen molar-refractivity contribution in [2.45, 2.75) is 6.42 Å². The van der Waals surface area contributed by atoms with Gasteiger partial charge in [-0.1, -0.05) is 36.1 Å². The zero-order valence-corrected chi connectivity index (χ0v) is 16.8. The number of aliphatic hydroxyl groups excluding tert-OH is 1. The maximum atomic E-state index is 13.5. The molecule has 0 unspecified atom stereocenters. The van der Waals surface area contributed by atoms with Gasteiger partial charge in [0.05, 0.1) is 11.5 Å². The van der Waals surface area contributed by atoms with Crippen molar-refractivity contribution in [2.75, 3.05) is 6.61 Å². The molecular weight excluding hydrogens is 397 g/mol. The highest BCUT2D eigenvalue weighted by Crippen LogP contribution is 2.47. The Hall–Kier alpha value is -3.46. The van der Waals surface area contributed by atoms with E-state index in [1.165, 1.54) is 23.5 Å². The van der Waals surface area contributed by atoms with Crippen molar-refractivity contribution < 1.29 is 14.6 Å². The number of benzene rings is 2. The molecule has 2 aromatic carbocycles. The summed E-state index contributed by atoms with van der Waals surface area (Å²) < 4.78 is 13.5. The normalized spacial score (nSPS) is 10.5. The van der Waals surface area contributed by atoms with Crippen LogP contribution in [0.2, 0.25) is 0 Å². The van der Waals surface area contributed by atoms with Gasteiger partial charge in [-0.15, -0.1) is 11.3 Å². The first-order chi connectivity index (χ1) is 14.7. The number of aromatic hydroxyl groups is 1. The Labute approximate surface area is 178 Å². The molecule has 4 rings (SSSR count). The minimum absolute atomic E-state index is 0.00501. The molecule has 2 aromatic heterocycles. The smallest absolute Gasteiger partial charge is 0.123 e. The highest BCUT2D eigenvalue weighted by atomic mass is 32.1. The minimum Gasteiger partial charge on any atom is -0.508 e. The number of aromatic nitrogens is 1. The summed E-state index contributed by atoms with van der Waals surface area (Å²) >= 11 is 1.53. The van der Waals surface area contributed by atoms with Gasteiger partial charge in [0, 0.05) is 34.8 Å². The third-order valence-electron chi connectivity index (χ3n) is 4.58. The first-order valence-electron chi connectivity index (χ1n) is 9.39. The van der Waals surface area contributed by atoms with Gasteiger partial charge in [-0.05, 0) is 53.1 Å². The monoisotopic (exact) mass is 415 g/mol. The van der Waals surface area contributed by atoms with E-state index in [4.69, 9.17) is 5.11 Å². The van der Waals surface area contributed by atoms with E-state index in [0.29, 0.717) is 6.42 Å². The number of aliphatic hydroxyl groups is 1. The van der Waals surface area contributed by atoms with Crippen LogP contribution in [0.1, 0.15) is 11.3 Å². The molecule has 30 heavy (non-hydrogen) atoms. The van der Waals surface area contributed by atoms with E-state index >= 15 is 0 Å². The SMILES string of the molecule is OCCC#Cc1sc(-c2ccc(F)cc2)c(-c2ccncc2)c1-c1ccc(O)cc1. The number of thiophene rings is 1. The van der Waals surface area contributed by atoms with Crippen molar-refractivity contribution >= 4 is 11.3 Å². The zero-order valence-electron chi connectivity index (χ0n) is 16.0. The number of nitrogens with zero attached hydrogens (tertiary/aromatic N) is 1. The average Bonchev–Trinajstić information content (AvgIpc) is 3.15. The summed E-state index contributed by atoms with van der Waals surface area (Å²) in [5.41, 5.74) is 4.70. The number of hydrogen-bond acceptors (Lipinski definition) is 4. The minimum atomic E-state index is -0.289. The van der Waals surface area contributed by atoms with E-state index in [1.54, 1.807) is 36.7 Å². The molecule has 0 atom stereocenters. The lowest BCUT2D eigenvalue weighted by molar-refractivity contribution is 0.305. The molecule has 0 saturated heterocycles. The predicted molar refractivity (Wildman–Crippen MR) is 119 cm³/mol. The summed E-state index contributed by atoms with van der Waals surface area (Å²) in [6.07, 6.45) is 3.85. The predicted octanol–water partition coefficient (Wildman–Crippen LogP) is 5.72. The Morgan fingerprint density at radius 2 is 1.47 bits per heavy atom. The van der Waals surface area contributed by atoms with Gasteiger partial charge in [0.1, 0.15) is 11.6 Å². The van der Waals surface area contributed by atoms with E-state index in [-0.39, 0.29) is 18.2 Å². The van der Waals surface area contributed by atoms with Gasteiger partial charge < -0.3 is 10.2 Å². The molecule has 0 amide bonds. The highest BCUT2D eigenvalue weighted by Gasteiger charge is 2.21. The molecule has 148 valence electrons. The summed E-state index contributed by atoms with van der Waals surface area (Å²) in [4.78, 5) is 5.95. The van der Waals surface area contributed by atoms with Gasteiger partial charge >= 0.3 is 0 Å². The van der Waals surface area contributed by atoms with Gasteiger partial charge in [-0.25, -0.2) is 4.39 Å². The number of halogens is 1. The molecule has 2 heterocycles. The maximum Gasteiger partial charge on any atom is 0.123 e. The lowest BCUT2D eigenvalue weighted by Crippen LogP contribution is -1.86. The summed E-state index contributed by atoms with van der Waals surface area (Å²) in [5.74, 6) is 6.11.